The smallest absolute Gasteiger partial charge is 0.275 e. The van der Waals surface area contributed by atoms with Crippen molar-refractivity contribution in [1.82, 2.24) is 0 Å². The lowest BCUT2D eigenvalue weighted by Gasteiger charge is -2.27. The topological polar surface area (TPSA) is 18.5 Å². The predicted octanol–water partition coefficient (Wildman–Crippen LogP) is 6.95. The van der Waals surface area contributed by atoms with E-state index in [0.717, 1.165) is 11.5 Å². The molecule has 0 heterocycles. The van der Waals surface area contributed by atoms with Gasteiger partial charge >= 0.3 is 0 Å². The van der Waals surface area contributed by atoms with Crippen molar-refractivity contribution in [3.8, 4) is 56.0 Å². The van der Waals surface area contributed by atoms with Gasteiger partial charge in [0.1, 0.15) is 11.5 Å². The summed E-state index contributed by atoms with van der Waals surface area (Å²) in [6.45, 7) is 0. The van der Waals surface area contributed by atoms with Crippen molar-refractivity contribution in [1.29, 1.82) is 0 Å². The molecular weight excluding hydrogens is 351 g/mol. The summed E-state index contributed by atoms with van der Waals surface area (Å²) in [4.78, 5) is 0. The summed E-state index contributed by atoms with van der Waals surface area (Å²) in [5.74, 6) is 1.78. The van der Waals surface area contributed by atoms with E-state index in [2.05, 4.69) is 60.7 Å². The maximum absolute atomic E-state index is 6.04. The van der Waals surface area contributed by atoms with Gasteiger partial charge in [0.15, 0.2) is 0 Å². The summed E-state index contributed by atoms with van der Waals surface area (Å²) in [5, 5.41) is 0. The lowest BCUT2D eigenvalue weighted by Crippen LogP contribution is -2.02. The van der Waals surface area contributed by atoms with E-state index in [4.69, 9.17) is 9.05 Å². The Morgan fingerprint density at radius 1 is 0.407 bits per heavy atom. The van der Waals surface area contributed by atoms with Crippen LogP contribution in [0.5, 0.6) is 11.5 Å². The standard InChI is InChI=1S/C24H15O2P/c1-3-9-17-15(7-1)19-11-5-13-21(23(17)19)25-27-26-22-14-6-12-20-16-8-2-4-10-18(16)24(20)22/h1-14,27H. The Bertz CT molecular complexity index is 1120. The second-order valence-electron chi connectivity index (χ2n) is 6.74. The highest BCUT2D eigenvalue weighted by Gasteiger charge is 2.27. The third kappa shape index (κ3) is 2.11. The number of rotatable bonds is 4. The summed E-state index contributed by atoms with van der Waals surface area (Å²) in [5.41, 5.74) is 9.99. The molecule has 2 aliphatic rings. The first-order valence-electron chi connectivity index (χ1n) is 8.96. The second-order valence-corrected chi connectivity index (χ2v) is 7.31. The number of benzene rings is 4. The molecule has 0 fully saturated rings. The largest absolute Gasteiger partial charge is 0.440 e. The minimum absolute atomic E-state index is 0.0852. The highest BCUT2D eigenvalue weighted by atomic mass is 31.1. The van der Waals surface area contributed by atoms with Crippen molar-refractivity contribution in [2.75, 3.05) is 0 Å². The van der Waals surface area contributed by atoms with Crippen molar-refractivity contribution >= 4 is 9.03 Å². The van der Waals surface area contributed by atoms with Gasteiger partial charge in [-0.1, -0.05) is 72.8 Å². The van der Waals surface area contributed by atoms with Gasteiger partial charge in [-0.2, -0.15) is 0 Å². The number of hydrogen-bond acceptors (Lipinski definition) is 2. The molecule has 0 spiro atoms. The summed E-state index contributed by atoms with van der Waals surface area (Å²) in [6, 6.07) is 29.3. The Labute approximate surface area is 159 Å². The van der Waals surface area contributed by atoms with E-state index in [1.54, 1.807) is 0 Å². The van der Waals surface area contributed by atoms with Gasteiger partial charge in [0.25, 0.3) is 9.03 Å². The molecule has 0 saturated heterocycles. The van der Waals surface area contributed by atoms with Gasteiger partial charge in [-0.05, 0) is 45.5 Å². The monoisotopic (exact) mass is 366 g/mol. The normalized spacial score (nSPS) is 11.9. The molecule has 0 N–H and O–H groups in total. The van der Waals surface area contributed by atoms with Crippen LogP contribution in [0.1, 0.15) is 0 Å². The molecule has 3 heteroatoms. The van der Waals surface area contributed by atoms with E-state index in [1.165, 1.54) is 44.5 Å². The predicted molar refractivity (Wildman–Crippen MR) is 111 cm³/mol. The van der Waals surface area contributed by atoms with Crippen LogP contribution in [0.25, 0.3) is 44.5 Å². The SMILES string of the molecule is c1ccc2c(c1)-c1cccc(OPOc3cccc4c3-c3ccccc3-4)c1-2. The van der Waals surface area contributed by atoms with E-state index < -0.39 is 0 Å². The first-order valence-corrected chi connectivity index (χ1v) is 9.78. The van der Waals surface area contributed by atoms with Crippen molar-refractivity contribution in [2.24, 2.45) is 0 Å². The molecule has 6 rings (SSSR count). The zero-order chi connectivity index (χ0) is 17.8. The summed E-state index contributed by atoms with van der Waals surface area (Å²) in [7, 11) is -0.0852. The molecule has 0 bridgehead atoms. The molecule has 2 nitrogen and oxygen atoms in total. The first-order chi connectivity index (χ1) is 13.4. The van der Waals surface area contributed by atoms with Crippen LogP contribution >= 0.6 is 9.03 Å². The van der Waals surface area contributed by atoms with Gasteiger partial charge < -0.3 is 9.05 Å². The molecule has 0 atom stereocenters. The third-order valence-corrected chi connectivity index (χ3v) is 5.94. The Morgan fingerprint density at radius 3 is 1.30 bits per heavy atom. The lowest BCUT2D eigenvalue weighted by atomic mass is 9.80. The highest BCUT2D eigenvalue weighted by Crippen LogP contribution is 2.54. The van der Waals surface area contributed by atoms with Crippen LogP contribution in [0, 0.1) is 0 Å². The van der Waals surface area contributed by atoms with E-state index in [9.17, 15) is 0 Å². The van der Waals surface area contributed by atoms with Crippen LogP contribution < -0.4 is 9.05 Å². The van der Waals surface area contributed by atoms with Gasteiger partial charge in [-0.3, -0.25) is 0 Å². The molecule has 0 unspecified atom stereocenters. The Hall–Kier alpha value is -3.09. The van der Waals surface area contributed by atoms with Crippen LogP contribution in [-0.4, -0.2) is 0 Å². The quantitative estimate of drug-likeness (QED) is 0.314. The maximum atomic E-state index is 6.04. The van der Waals surface area contributed by atoms with Crippen molar-refractivity contribution in [2.45, 2.75) is 0 Å². The minimum Gasteiger partial charge on any atom is -0.440 e. The second kappa shape index (κ2) is 5.70. The Balaban J connectivity index is 1.24. The molecule has 0 aromatic heterocycles. The fourth-order valence-electron chi connectivity index (χ4n) is 4.09. The van der Waals surface area contributed by atoms with Crippen LogP contribution in [0.4, 0.5) is 0 Å². The third-order valence-electron chi connectivity index (χ3n) is 5.33. The summed E-state index contributed by atoms with van der Waals surface area (Å²) < 4.78 is 12.1. The molecule has 27 heavy (non-hydrogen) atoms. The fraction of sp³-hybridized carbons (Fsp3) is 0. The van der Waals surface area contributed by atoms with Crippen LogP contribution in [0.3, 0.4) is 0 Å². The van der Waals surface area contributed by atoms with Crippen molar-refractivity contribution in [3.63, 3.8) is 0 Å². The van der Waals surface area contributed by atoms with Crippen molar-refractivity contribution in [3.05, 3.63) is 84.9 Å². The van der Waals surface area contributed by atoms with Gasteiger partial charge in [-0.25, -0.2) is 0 Å². The average Bonchev–Trinajstić information content (AvgIpc) is 2.70. The molecule has 4 aromatic carbocycles. The van der Waals surface area contributed by atoms with Crippen LogP contribution in [0.15, 0.2) is 84.9 Å². The molecule has 128 valence electrons. The molecule has 0 amide bonds. The first kappa shape index (κ1) is 15.0. The Morgan fingerprint density at radius 2 is 0.815 bits per heavy atom. The zero-order valence-corrected chi connectivity index (χ0v) is 15.4. The Kier molecular flexibility index (Phi) is 3.17. The molecule has 0 aliphatic heterocycles. The average molecular weight is 366 g/mol. The minimum atomic E-state index is -0.0852. The van der Waals surface area contributed by atoms with Crippen molar-refractivity contribution < 1.29 is 9.05 Å². The summed E-state index contributed by atoms with van der Waals surface area (Å²) in [6.07, 6.45) is 0. The van der Waals surface area contributed by atoms with E-state index in [0.29, 0.717) is 0 Å². The maximum Gasteiger partial charge on any atom is 0.275 e. The molecule has 0 saturated carbocycles. The van der Waals surface area contributed by atoms with E-state index in [1.807, 2.05) is 24.3 Å². The van der Waals surface area contributed by atoms with Gasteiger partial charge in [-0.15, -0.1) is 0 Å². The highest BCUT2D eigenvalue weighted by molar-refractivity contribution is 7.27. The zero-order valence-electron chi connectivity index (χ0n) is 14.4. The van der Waals surface area contributed by atoms with Gasteiger partial charge in [0.2, 0.25) is 0 Å². The van der Waals surface area contributed by atoms with E-state index in [-0.39, 0.29) is 9.03 Å². The van der Waals surface area contributed by atoms with Gasteiger partial charge in [0.05, 0.1) is 0 Å². The van der Waals surface area contributed by atoms with Crippen LogP contribution in [-0.2, 0) is 0 Å². The molecular formula is C24H15O2P. The molecule has 4 aromatic rings. The van der Waals surface area contributed by atoms with Gasteiger partial charge in [0, 0.05) is 11.1 Å². The number of fused-ring (bicyclic) bond motifs is 8. The van der Waals surface area contributed by atoms with Crippen LogP contribution in [0.2, 0.25) is 0 Å². The van der Waals surface area contributed by atoms with E-state index >= 15 is 0 Å². The fourth-order valence-corrected chi connectivity index (χ4v) is 4.66. The summed E-state index contributed by atoms with van der Waals surface area (Å²) >= 11 is 0. The molecule has 2 aliphatic carbocycles. The lowest BCUT2D eigenvalue weighted by molar-refractivity contribution is 0.517. The number of hydrogen-bond donors (Lipinski definition) is 0. The molecule has 0 radical (unpaired) electrons.